The number of hydrogen-bond acceptors (Lipinski definition) is 3. The number of benzene rings is 3. The molecule has 3 aromatic carbocycles. The molecule has 0 N–H and O–H groups in total. The van der Waals surface area contributed by atoms with E-state index in [1.807, 2.05) is 48.2 Å². The fraction of sp³-hybridized carbons (Fsp3) is 0.346. The van der Waals surface area contributed by atoms with Gasteiger partial charge in [0.15, 0.2) is 0 Å². The van der Waals surface area contributed by atoms with Crippen molar-refractivity contribution in [2.24, 2.45) is 0 Å². The van der Waals surface area contributed by atoms with E-state index in [2.05, 4.69) is 30.3 Å². The standard InChI is InChI=1S/C26H29NO3/c1-19(21-8-9-23-17-25(29-2)11-10-22(23)16-21)26(28)27-14-12-24(13-15-27)30-18-20-6-4-3-5-7-20/h3-11,16-17,19,24H,12-15,18H2,1-2H3/t19-/m0/s1. The number of carbonyl (C=O) groups is 1. The molecular weight excluding hydrogens is 374 g/mol. The SMILES string of the molecule is COc1ccc2cc([C@H](C)C(=O)N3CCC(OCc4ccccc4)CC3)ccc2c1. The molecule has 1 atom stereocenters. The maximum Gasteiger partial charge on any atom is 0.229 e. The lowest BCUT2D eigenvalue weighted by molar-refractivity contribution is -0.135. The quantitative estimate of drug-likeness (QED) is 0.571. The highest BCUT2D eigenvalue weighted by Crippen LogP contribution is 2.27. The van der Waals surface area contributed by atoms with Crippen LogP contribution in [0.2, 0.25) is 0 Å². The molecule has 0 aliphatic carbocycles. The van der Waals surface area contributed by atoms with Crippen LogP contribution in [0.15, 0.2) is 66.7 Å². The Morgan fingerprint density at radius 1 is 1.00 bits per heavy atom. The Morgan fingerprint density at radius 2 is 1.70 bits per heavy atom. The van der Waals surface area contributed by atoms with Crippen molar-refractivity contribution in [3.05, 3.63) is 77.9 Å². The van der Waals surface area contributed by atoms with Crippen LogP contribution in [-0.2, 0) is 16.1 Å². The van der Waals surface area contributed by atoms with E-state index in [1.165, 1.54) is 5.56 Å². The summed E-state index contributed by atoms with van der Waals surface area (Å²) >= 11 is 0. The normalized spacial score (nSPS) is 15.9. The van der Waals surface area contributed by atoms with Crippen LogP contribution in [0.4, 0.5) is 0 Å². The molecule has 0 spiro atoms. The van der Waals surface area contributed by atoms with Crippen LogP contribution in [0.1, 0.15) is 36.8 Å². The number of carbonyl (C=O) groups excluding carboxylic acids is 1. The Kier molecular flexibility index (Phi) is 6.34. The third-order valence-electron chi connectivity index (χ3n) is 6.02. The van der Waals surface area contributed by atoms with Crippen molar-refractivity contribution in [1.29, 1.82) is 0 Å². The largest absolute Gasteiger partial charge is 0.497 e. The van der Waals surface area contributed by atoms with Gasteiger partial charge in [0.2, 0.25) is 5.91 Å². The summed E-state index contributed by atoms with van der Waals surface area (Å²) in [5, 5.41) is 2.25. The minimum Gasteiger partial charge on any atom is -0.497 e. The van der Waals surface area contributed by atoms with E-state index in [1.54, 1.807) is 7.11 Å². The maximum atomic E-state index is 13.1. The fourth-order valence-electron chi connectivity index (χ4n) is 4.09. The molecular formula is C26H29NO3. The van der Waals surface area contributed by atoms with Gasteiger partial charge in [-0.25, -0.2) is 0 Å². The summed E-state index contributed by atoms with van der Waals surface area (Å²) < 4.78 is 11.4. The molecule has 4 rings (SSSR count). The number of amides is 1. The molecule has 1 amide bonds. The zero-order valence-electron chi connectivity index (χ0n) is 17.7. The van der Waals surface area contributed by atoms with E-state index >= 15 is 0 Å². The van der Waals surface area contributed by atoms with Crippen molar-refractivity contribution < 1.29 is 14.3 Å². The number of nitrogens with zero attached hydrogens (tertiary/aromatic N) is 1. The van der Waals surface area contributed by atoms with Gasteiger partial charge < -0.3 is 14.4 Å². The Balaban J connectivity index is 1.34. The first-order valence-corrected chi connectivity index (χ1v) is 10.7. The first-order valence-electron chi connectivity index (χ1n) is 10.7. The van der Waals surface area contributed by atoms with Crippen LogP contribution in [0.5, 0.6) is 5.75 Å². The average Bonchev–Trinajstić information content (AvgIpc) is 2.82. The van der Waals surface area contributed by atoms with Crippen LogP contribution in [0.25, 0.3) is 10.8 Å². The first-order chi connectivity index (χ1) is 14.6. The summed E-state index contributed by atoms with van der Waals surface area (Å²) in [5.41, 5.74) is 2.25. The van der Waals surface area contributed by atoms with Crippen molar-refractivity contribution in [3.63, 3.8) is 0 Å². The fourth-order valence-corrected chi connectivity index (χ4v) is 4.09. The summed E-state index contributed by atoms with van der Waals surface area (Å²) in [5.74, 6) is 0.888. The highest BCUT2D eigenvalue weighted by molar-refractivity contribution is 5.88. The molecule has 4 heteroatoms. The molecule has 4 nitrogen and oxygen atoms in total. The molecule has 3 aromatic rings. The Hall–Kier alpha value is -2.85. The van der Waals surface area contributed by atoms with Crippen molar-refractivity contribution in [2.75, 3.05) is 20.2 Å². The monoisotopic (exact) mass is 403 g/mol. The zero-order valence-corrected chi connectivity index (χ0v) is 17.7. The smallest absolute Gasteiger partial charge is 0.229 e. The van der Waals surface area contributed by atoms with Gasteiger partial charge in [-0.15, -0.1) is 0 Å². The van der Waals surface area contributed by atoms with Gasteiger partial charge in [-0.3, -0.25) is 4.79 Å². The van der Waals surface area contributed by atoms with Gasteiger partial charge >= 0.3 is 0 Å². The van der Waals surface area contributed by atoms with Crippen molar-refractivity contribution in [1.82, 2.24) is 4.90 Å². The Bertz CT molecular complexity index is 994. The van der Waals surface area contributed by atoms with E-state index in [4.69, 9.17) is 9.47 Å². The van der Waals surface area contributed by atoms with Gasteiger partial charge in [0.05, 0.1) is 25.7 Å². The van der Waals surface area contributed by atoms with Gasteiger partial charge in [0.25, 0.3) is 0 Å². The highest BCUT2D eigenvalue weighted by atomic mass is 16.5. The molecule has 1 heterocycles. The molecule has 1 saturated heterocycles. The lowest BCUT2D eigenvalue weighted by Gasteiger charge is -2.33. The molecule has 0 saturated carbocycles. The van der Waals surface area contributed by atoms with Crippen LogP contribution >= 0.6 is 0 Å². The minimum absolute atomic E-state index is 0.154. The minimum atomic E-state index is -0.154. The molecule has 1 fully saturated rings. The number of likely N-dealkylation sites (tertiary alicyclic amines) is 1. The number of rotatable bonds is 6. The van der Waals surface area contributed by atoms with Crippen LogP contribution in [-0.4, -0.2) is 37.1 Å². The summed E-state index contributed by atoms with van der Waals surface area (Å²) in [6.45, 7) is 4.16. The van der Waals surface area contributed by atoms with Crippen molar-refractivity contribution >= 4 is 16.7 Å². The van der Waals surface area contributed by atoms with Gasteiger partial charge in [0.1, 0.15) is 5.75 Å². The lowest BCUT2D eigenvalue weighted by Crippen LogP contribution is -2.42. The molecule has 30 heavy (non-hydrogen) atoms. The highest BCUT2D eigenvalue weighted by Gasteiger charge is 2.27. The van der Waals surface area contributed by atoms with E-state index in [-0.39, 0.29) is 17.9 Å². The van der Waals surface area contributed by atoms with Gasteiger partial charge in [-0.2, -0.15) is 0 Å². The molecule has 0 radical (unpaired) electrons. The summed E-state index contributed by atoms with van der Waals surface area (Å²) in [6, 6.07) is 22.5. The number of fused-ring (bicyclic) bond motifs is 1. The topological polar surface area (TPSA) is 38.8 Å². The molecule has 0 aromatic heterocycles. The van der Waals surface area contributed by atoms with E-state index in [0.717, 1.165) is 48.0 Å². The second-order valence-corrected chi connectivity index (χ2v) is 8.02. The Morgan fingerprint density at radius 3 is 2.43 bits per heavy atom. The van der Waals surface area contributed by atoms with Crippen LogP contribution < -0.4 is 4.74 Å². The van der Waals surface area contributed by atoms with Gasteiger partial charge in [-0.1, -0.05) is 54.6 Å². The average molecular weight is 404 g/mol. The summed E-state index contributed by atoms with van der Waals surface area (Å²) in [4.78, 5) is 15.1. The van der Waals surface area contributed by atoms with Gasteiger partial charge in [0, 0.05) is 13.1 Å². The third-order valence-corrected chi connectivity index (χ3v) is 6.02. The van der Waals surface area contributed by atoms with E-state index < -0.39 is 0 Å². The van der Waals surface area contributed by atoms with Crippen molar-refractivity contribution in [2.45, 2.75) is 38.4 Å². The molecule has 0 bridgehead atoms. The lowest BCUT2D eigenvalue weighted by atomic mass is 9.95. The van der Waals surface area contributed by atoms with E-state index in [0.29, 0.717) is 6.61 Å². The zero-order chi connectivity index (χ0) is 20.9. The Labute approximate surface area is 178 Å². The number of methoxy groups -OCH3 is 1. The predicted molar refractivity (Wildman–Crippen MR) is 120 cm³/mol. The predicted octanol–water partition coefficient (Wildman–Crippen LogP) is 5.16. The molecule has 1 aliphatic rings. The van der Waals surface area contributed by atoms with Crippen molar-refractivity contribution in [3.8, 4) is 5.75 Å². The third kappa shape index (κ3) is 4.65. The molecule has 0 unspecified atom stereocenters. The van der Waals surface area contributed by atoms with E-state index in [9.17, 15) is 4.79 Å². The number of ether oxygens (including phenoxy) is 2. The molecule has 156 valence electrons. The molecule has 1 aliphatic heterocycles. The number of piperidine rings is 1. The van der Waals surface area contributed by atoms with Gasteiger partial charge in [-0.05, 0) is 53.8 Å². The first kappa shape index (κ1) is 20.4. The van der Waals surface area contributed by atoms with Crippen LogP contribution in [0.3, 0.4) is 0 Å². The maximum absolute atomic E-state index is 13.1. The summed E-state index contributed by atoms with van der Waals surface area (Å²) in [7, 11) is 1.67. The van der Waals surface area contributed by atoms with Crippen LogP contribution in [0, 0.1) is 0 Å². The second-order valence-electron chi connectivity index (χ2n) is 8.02. The second kappa shape index (κ2) is 9.31. The number of hydrogen-bond donors (Lipinski definition) is 0. The summed E-state index contributed by atoms with van der Waals surface area (Å²) in [6.07, 6.45) is 2.01.